The topological polar surface area (TPSA) is 38.3 Å². The van der Waals surface area contributed by atoms with Crippen LogP contribution in [-0.4, -0.2) is 12.6 Å². The molecule has 0 heterocycles. The lowest BCUT2D eigenvalue weighted by Gasteiger charge is -2.18. The van der Waals surface area contributed by atoms with Gasteiger partial charge in [0.25, 0.3) is 0 Å². The van der Waals surface area contributed by atoms with Gasteiger partial charge in [0.1, 0.15) is 0 Å². The number of para-hydroxylation sites is 1. The van der Waals surface area contributed by atoms with Crippen molar-refractivity contribution in [2.75, 3.05) is 11.9 Å². The maximum Gasteiger partial charge on any atom is 0.338 e. The van der Waals surface area contributed by atoms with Gasteiger partial charge in [0.05, 0.1) is 12.2 Å². The standard InChI is InChI=1S/C17H19NO2.ClH/c1-3-20-17(19)16-12-8-7-11-15(16)13(2)18-14-9-5-4-6-10-14;/h4-13,18H,3H2,1-2H3;1H/t13-;/m0./s1. The van der Waals surface area contributed by atoms with Gasteiger partial charge >= 0.3 is 5.97 Å². The van der Waals surface area contributed by atoms with E-state index in [-0.39, 0.29) is 24.4 Å². The predicted octanol–water partition coefficient (Wildman–Crippen LogP) is 4.46. The van der Waals surface area contributed by atoms with Crippen LogP contribution in [0.1, 0.15) is 35.8 Å². The lowest BCUT2D eigenvalue weighted by atomic mass is 10.0. The van der Waals surface area contributed by atoms with Gasteiger partial charge in [0.15, 0.2) is 0 Å². The van der Waals surface area contributed by atoms with E-state index in [2.05, 4.69) is 5.32 Å². The van der Waals surface area contributed by atoms with Crippen molar-refractivity contribution in [1.82, 2.24) is 0 Å². The second-order valence-corrected chi connectivity index (χ2v) is 4.54. The van der Waals surface area contributed by atoms with Crippen molar-refractivity contribution >= 4 is 24.1 Å². The molecule has 0 aliphatic heterocycles. The monoisotopic (exact) mass is 305 g/mol. The Balaban J connectivity index is 0.00000220. The van der Waals surface area contributed by atoms with Crippen molar-refractivity contribution in [2.24, 2.45) is 0 Å². The van der Waals surface area contributed by atoms with E-state index < -0.39 is 0 Å². The molecule has 0 aliphatic rings. The summed E-state index contributed by atoms with van der Waals surface area (Å²) in [6.45, 7) is 4.23. The fourth-order valence-electron chi connectivity index (χ4n) is 2.13. The Kier molecular flexibility index (Phi) is 6.76. The number of benzene rings is 2. The molecule has 0 fully saturated rings. The van der Waals surface area contributed by atoms with E-state index in [1.54, 1.807) is 6.07 Å². The van der Waals surface area contributed by atoms with Crippen molar-refractivity contribution in [1.29, 1.82) is 0 Å². The van der Waals surface area contributed by atoms with Gasteiger partial charge in [0, 0.05) is 11.7 Å². The van der Waals surface area contributed by atoms with Crippen LogP contribution < -0.4 is 5.32 Å². The molecule has 0 saturated carbocycles. The van der Waals surface area contributed by atoms with Gasteiger partial charge in [-0.2, -0.15) is 0 Å². The summed E-state index contributed by atoms with van der Waals surface area (Å²) in [6, 6.07) is 17.5. The van der Waals surface area contributed by atoms with E-state index in [9.17, 15) is 4.79 Å². The minimum Gasteiger partial charge on any atom is -0.462 e. The van der Waals surface area contributed by atoms with Crippen LogP contribution in [0.2, 0.25) is 0 Å². The Morgan fingerprint density at radius 3 is 2.38 bits per heavy atom. The second-order valence-electron chi connectivity index (χ2n) is 4.54. The van der Waals surface area contributed by atoms with Crippen LogP contribution >= 0.6 is 12.4 Å². The van der Waals surface area contributed by atoms with Crippen molar-refractivity contribution in [3.8, 4) is 0 Å². The van der Waals surface area contributed by atoms with Crippen LogP contribution in [0, 0.1) is 0 Å². The maximum atomic E-state index is 12.0. The first-order valence-corrected chi connectivity index (χ1v) is 6.80. The average molecular weight is 306 g/mol. The number of carbonyl (C=O) groups is 1. The number of anilines is 1. The molecule has 1 atom stereocenters. The molecule has 0 bridgehead atoms. The number of rotatable bonds is 5. The number of nitrogens with one attached hydrogen (secondary N) is 1. The molecule has 0 aliphatic carbocycles. The first-order chi connectivity index (χ1) is 9.72. The molecule has 0 radical (unpaired) electrons. The quantitative estimate of drug-likeness (QED) is 0.829. The van der Waals surface area contributed by atoms with Crippen molar-refractivity contribution < 1.29 is 9.53 Å². The zero-order valence-corrected chi connectivity index (χ0v) is 13.0. The average Bonchev–Trinajstić information content (AvgIpc) is 2.48. The van der Waals surface area contributed by atoms with E-state index in [1.807, 2.05) is 62.4 Å². The van der Waals surface area contributed by atoms with Crippen LogP contribution in [0.3, 0.4) is 0 Å². The third-order valence-corrected chi connectivity index (χ3v) is 3.08. The summed E-state index contributed by atoms with van der Waals surface area (Å²) in [6.07, 6.45) is 0. The van der Waals surface area contributed by atoms with E-state index in [1.165, 1.54) is 0 Å². The summed E-state index contributed by atoms with van der Waals surface area (Å²) in [7, 11) is 0. The molecule has 0 aromatic heterocycles. The SMILES string of the molecule is CCOC(=O)c1ccccc1[C@H](C)Nc1ccccc1.Cl. The van der Waals surface area contributed by atoms with Gasteiger partial charge in [-0.05, 0) is 37.6 Å². The van der Waals surface area contributed by atoms with Crippen LogP contribution in [0.5, 0.6) is 0 Å². The van der Waals surface area contributed by atoms with Gasteiger partial charge in [0.2, 0.25) is 0 Å². The van der Waals surface area contributed by atoms with Crippen LogP contribution in [0.4, 0.5) is 5.69 Å². The van der Waals surface area contributed by atoms with Crippen LogP contribution in [-0.2, 0) is 4.74 Å². The molecule has 0 unspecified atom stereocenters. The van der Waals surface area contributed by atoms with E-state index in [4.69, 9.17) is 4.74 Å². The number of ether oxygens (including phenoxy) is 1. The number of carbonyl (C=O) groups excluding carboxylic acids is 1. The van der Waals surface area contributed by atoms with E-state index in [0.29, 0.717) is 12.2 Å². The maximum absolute atomic E-state index is 12.0. The van der Waals surface area contributed by atoms with Gasteiger partial charge < -0.3 is 10.1 Å². The van der Waals surface area contributed by atoms with Crippen LogP contribution in [0.25, 0.3) is 0 Å². The number of esters is 1. The normalized spacial score (nSPS) is 11.1. The highest BCUT2D eigenvalue weighted by Gasteiger charge is 2.16. The largest absolute Gasteiger partial charge is 0.462 e. The number of hydrogen-bond acceptors (Lipinski definition) is 3. The molecule has 1 N–H and O–H groups in total. The van der Waals surface area contributed by atoms with Crippen molar-refractivity contribution in [3.63, 3.8) is 0 Å². The van der Waals surface area contributed by atoms with E-state index >= 15 is 0 Å². The summed E-state index contributed by atoms with van der Waals surface area (Å²) in [5.74, 6) is -0.273. The molecule has 0 saturated heterocycles. The van der Waals surface area contributed by atoms with Gasteiger partial charge in [-0.1, -0.05) is 36.4 Å². The second kappa shape index (κ2) is 8.32. The fourth-order valence-corrected chi connectivity index (χ4v) is 2.13. The highest BCUT2D eigenvalue weighted by atomic mass is 35.5. The van der Waals surface area contributed by atoms with Gasteiger partial charge in [-0.25, -0.2) is 4.79 Å². The zero-order chi connectivity index (χ0) is 14.4. The Hall–Kier alpha value is -2.00. The molecular formula is C17H20ClNO2. The lowest BCUT2D eigenvalue weighted by molar-refractivity contribution is 0.0524. The fraction of sp³-hybridized carbons (Fsp3) is 0.235. The molecule has 2 aromatic rings. The van der Waals surface area contributed by atoms with Gasteiger partial charge in [-0.3, -0.25) is 0 Å². The smallest absolute Gasteiger partial charge is 0.338 e. The lowest BCUT2D eigenvalue weighted by Crippen LogP contribution is -2.14. The Morgan fingerprint density at radius 1 is 1.10 bits per heavy atom. The molecule has 2 aromatic carbocycles. The first-order valence-electron chi connectivity index (χ1n) is 6.80. The van der Waals surface area contributed by atoms with Crippen molar-refractivity contribution in [2.45, 2.75) is 19.9 Å². The molecule has 0 amide bonds. The summed E-state index contributed by atoms with van der Waals surface area (Å²) in [5.41, 5.74) is 2.58. The molecule has 2 rings (SSSR count). The summed E-state index contributed by atoms with van der Waals surface area (Å²) >= 11 is 0. The third kappa shape index (κ3) is 4.50. The predicted molar refractivity (Wildman–Crippen MR) is 88.1 cm³/mol. The minimum absolute atomic E-state index is 0. The highest BCUT2D eigenvalue weighted by Crippen LogP contribution is 2.22. The van der Waals surface area contributed by atoms with E-state index in [0.717, 1.165) is 11.3 Å². The summed E-state index contributed by atoms with van der Waals surface area (Å²) < 4.78 is 5.10. The minimum atomic E-state index is -0.273. The molecule has 3 nitrogen and oxygen atoms in total. The Morgan fingerprint density at radius 2 is 1.71 bits per heavy atom. The molecule has 0 spiro atoms. The first kappa shape index (κ1) is 17.1. The van der Waals surface area contributed by atoms with Gasteiger partial charge in [-0.15, -0.1) is 12.4 Å². The summed E-state index contributed by atoms with van der Waals surface area (Å²) in [4.78, 5) is 12.0. The number of hydrogen-bond donors (Lipinski definition) is 1. The Labute approximate surface area is 131 Å². The molecule has 112 valence electrons. The molecular weight excluding hydrogens is 286 g/mol. The number of halogens is 1. The molecule has 4 heteroatoms. The summed E-state index contributed by atoms with van der Waals surface area (Å²) in [5, 5.41) is 3.39. The Bertz CT molecular complexity index is 572. The zero-order valence-electron chi connectivity index (χ0n) is 12.2. The van der Waals surface area contributed by atoms with Crippen LogP contribution in [0.15, 0.2) is 54.6 Å². The highest BCUT2D eigenvalue weighted by molar-refractivity contribution is 5.91. The molecule has 21 heavy (non-hydrogen) atoms. The van der Waals surface area contributed by atoms with Crippen molar-refractivity contribution in [3.05, 3.63) is 65.7 Å². The third-order valence-electron chi connectivity index (χ3n) is 3.08.